The molecule has 5 heteroatoms. The van der Waals surface area contributed by atoms with E-state index >= 15 is 0 Å². The molecule has 1 fully saturated rings. The van der Waals surface area contributed by atoms with Gasteiger partial charge in [-0.3, -0.25) is 4.79 Å². The Labute approximate surface area is 130 Å². The summed E-state index contributed by atoms with van der Waals surface area (Å²) in [7, 11) is 1.79. The van der Waals surface area contributed by atoms with Gasteiger partial charge in [-0.15, -0.1) is 0 Å². The number of nitrogens with zero attached hydrogens (tertiary/aromatic N) is 1. The Bertz CT molecular complexity index is 506. The van der Waals surface area contributed by atoms with E-state index in [1.165, 1.54) is 0 Å². The Morgan fingerprint density at radius 2 is 1.86 bits per heavy atom. The van der Waals surface area contributed by atoms with Crippen LogP contribution in [-0.2, 0) is 16.1 Å². The lowest BCUT2D eigenvalue weighted by Crippen LogP contribution is -2.27. The predicted octanol–water partition coefficient (Wildman–Crippen LogP) is 2.55. The third kappa shape index (κ3) is 4.84. The number of rotatable bonds is 6. The molecule has 0 bridgehead atoms. The van der Waals surface area contributed by atoms with Crippen molar-refractivity contribution in [3.05, 3.63) is 35.4 Å². The molecule has 5 nitrogen and oxygen atoms in total. The third-order valence-electron chi connectivity index (χ3n) is 4.15. The van der Waals surface area contributed by atoms with Gasteiger partial charge < -0.3 is 14.7 Å². The Balaban J connectivity index is 1.78. The molecule has 0 saturated carbocycles. The topological polar surface area (TPSA) is 66.8 Å². The molecular weight excluding hydrogens is 282 g/mol. The van der Waals surface area contributed by atoms with Crippen molar-refractivity contribution < 1.29 is 19.4 Å². The van der Waals surface area contributed by atoms with Gasteiger partial charge in [0.1, 0.15) is 0 Å². The van der Waals surface area contributed by atoms with E-state index in [9.17, 15) is 9.59 Å². The molecule has 0 unspecified atom stereocenters. The van der Waals surface area contributed by atoms with Crippen molar-refractivity contribution in [3.63, 3.8) is 0 Å². The number of aromatic carboxylic acids is 1. The Kier molecular flexibility index (Phi) is 5.95. The second-order valence-electron chi connectivity index (χ2n) is 5.85. The summed E-state index contributed by atoms with van der Waals surface area (Å²) in [5.41, 5.74) is 1.20. The first-order valence-corrected chi connectivity index (χ1v) is 7.70. The monoisotopic (exact) mass is 305 g/mol. The highest BCUT2D eigenvalue weighted by molar-refractivity contribution is 5.87. The molecule has 1 saturated heterocycles. The minimum absolute atomic E-state index is 0.133. The number of carboxylic acid groups (broad SMARTS) is 1. The van der Waals surface area contributed by atoms with Crippen LogP contribution in [0.4, 0.5) is 0 Å². The lowest BCUT2D eigenvalue weighted by molar-refractivity contribution is -0.130. The standard InChI is InChI=1S/C17H23NO4/c1-18(12-14-2-5-15(6-3-14)17(20)21)16(19)7-4-13-8-10-22-11-9-13/h2-3,5-6,13H,4,7-12H2,1H3,(H,20,21). The molecule has 2 rings (SSSR count). The van der Waals surface area contributed by atoms with Crippen molar-refractivity contribution in [2.24, 2.45) is 5.92 Å². The molecule has 0 aliphatic carbocycles. The maximum atomic E-state index is 12.2. The van der Waals surface area contributed by atoms with Crippen molar-refractivity contribution in [3.8, 4) is 0 Å². The zero-order valence-electron chi connectivity index (χ0n) is 13.0. The van der Waals surface area contributed by atoms with E-state index in [1.807, 2.05) is 0 Å². The average molecular weight is 305 g/mol. The fraction of sp³-hybridized carbons (Fsp3) is 0.529. The lowest BCUT2D eigenvalue weighted by Gasteiger charge is -2.23. The summed E-state index contributed by atoms with van der Waals surface area (Å²) in [6, 6.07) is 6.65. The second kappa shape index (κ2) is 7.94. The van der Waals surface area contributed by atoms with Crippen LogP contribution in [0.3, 0.4) is 0 Å². The van der Waals surface area contributed by atoms with Crippen molar-refractivity contribution >= 4 is 11.9 Å². The van der Waals surface area contributed by atoms with E-state index in [4.69, 9.17) is 9.84 Å². The van der Waals surface area contributed by atoms with Crippen LogP contribution in [-0.4, -0.2) is 42.1 Å². The largest absolute Gasteiger partial charge is 0.478 e. The molecule has 1 aliphatic heterocycles. The SMILES string of the molecule is CN(Cc1ccc(C(=O)O)cc1)C(=O)CCC1CCOCC1. The lowest BCUT2D eigenvalue weighted by atomic mass is 9.95. The van der Waals surface area contributed by atoms with Crippen molar-refractivity contribution in [1.29, 1.82) is 0 Å². The van der Waals surface area contributed by atoms with Crippen LogP contribution in [0.15, 0.2) is 24.3 Å². The van der Waals surface area contributed by atoms with Gasteiger partial charge in [-0.2, -0.15) is 0 Å². The number of hydrogen-bond donors (Lipinski definition) is 1. The second-order valence-corrected chi connectivity index (χ2v) is 5.85. The maximum absolute atomic E-state index is 12.2. The molecule has 22 heavy (non-hydrogen) atoms. The van der Waals surface area contributed by atoms with Gasteiger partial charge >= 0.3 is 5.97 Å². The summed E-state index contributed by atoms with van der Waals surface area (Å²) in [5.74, 6) is -0.206. The minimum atomic E-state index is -0.938. The van der Waals surface area contributed by atoms with E-state index in [-0.39, 0.29) is 11.5 Å². The van der Waals surface area contributed by atoms with Gasteiger partial charge in [0.15, 0.2) is 0 Å². The van der Waals surface area contributed by atoms with Gasteiger partial charge in [0.25, 0.3) is 0 Å². The third-order valence-corrected chi connectivity index (χ3v) is 4.15. The summed E-state index contributed by atoms with van der Waals surface area (Å²) in [6.07, 6.45) is 3.58. The highest BCUT2D eigenvalue weighted by Gasteiger charge is 2.17. The zero-order chi connectivity index (χ0) is 15.9. The van der Waals surface area contributed by atoms with Crippen LogP contribution >= 0.6 is 0 Å². The number of hydrogen-bond acceptors (Lipinski definition) is 3. The number of benzene rings is 1. The van der Waals surface area contributed by atoms with Crippen molar-refractivity contribution in [1.82, 2.24) is 4.90 Å². The van der Waals surface area contributed by atoms with Crippen LogP contribution in [0.2, 0.25) is 0 Å². The van der Waals surface area contributed by atoms with Gasteiger partial charge in [-0.05, 0) is 42.9 Å². The van der Waals surface area contributed by atoms with Gasteiger partial charge in [0, 0.05) is 33.2 Å². The minimum Gasteiger partial charge on any atom is -0.478 e. The number of carboxylic acids is 1. The Hall–Kier alpha value is -1.88. The first-order valence-electron chi connectivity index (χ1n) is 7.70. The molecule has 1 aliphatic rings. The van der Waals surface area contributed by atoms with Crippen LogP contribution in [0.5, 0.6) is 0 Å². The van der Waals surface area contributed by atoms with E-state index in [2.05, 4.69) is 0 Å². The molecule has 1 heterocycles. The van der Waals surface area contributed by atoms with Gasteiger partial charge in [-0.1, -0.05) is 12.1 Å². The molecule has 120 valence electrons. The van der Waals surface area contributed by atoms with E-state index in [0.717, 1.165) is 38.0 Å². The molecule has 1 aromatic rings. The Morgan fingerprint density at radius 3 is 2.45 bits per heavy atom. The zero-order valence-corrected chi connectivity index (χ0v) is 13.0. The van der Waals surface area contributed by atoms with E-state index < -0.39 is 5.97 Å². The van der Waals surface area contributed by atoms with Gasteiger partial charge in [-0.25, -0.2) is 4.79 Å². The normalized spacial score (nSPS) is 15.5. The van der Waals surface area contributed by atoms with Crippen LogP contribution in [0.25, 0.3) is 0 Å². The van der Waals surface area contributed by atoms with Gasteiger partial charge in [0.05, 0.1) is 5.56 Å². The molecule has 0 aromatic heterocycles. The quantitative estimate of drug-likeness (QED) is 0.877. The van der Waals surface area contributed by atoms with E-state index in [0.29, 0.717) is 18.9 Å². The first kappa shape index (κ1) is 16.5. The Morgan fingerprint density at radius 1 is 1.23 bits per heavy atom. The fourth-order valence-electron chi connectivity index (χ4n) is 2.67. The maximum Gasteiger partial charge on any atom is 0.335 e. The summed E-state index contributed by atoms with van der Waals surface area (Å²) < 4.78 is 5.32. The highest BCUT2D eigenvalue weighted by atomic mass is 16.5. The predicted molar refractivity (Wildman–Crippen MR) is 82.7 cm³/mol. The number of ether oxygens (including phenoxy) is 1. The molecule has 0 radical (unpaired) electrons. The first-order chi connectivity index (χ1) is 10.6. The number of amides is 1. The number of carbonyl (C=O) groups is 2. The summed E-state index contributed by atoms with van der Waals surface area (Å²) in [4.78, 5) is 24.7. The van der Waals surface area contributed by atoms with Crippen molar-refractivity contribution in [2.45, 2.75) is 32.2 Å². The molecule has 0 spiro atoms. The summed E-state index contributed by atoms with van der Waals surface area (Å²) in [6.45, 7) is 2.13. The molecule has 0 atom stereocenters. The molecule has 1 N–H and O–H groups in total. The fourth-order valence-corrected chi connectivity index (χ4v) is 2.67. The summed E-state index contributed by atoms with van der Waals surface area (Å²) in [5, 5.41) is 8.87. The molecule has 1 aromatic carbocycles. The molecule has 1 amide bonds. The van der Waals surface area contributed by atoms with Gasteiger partial charge in [0.2, 0.25) is 5.91 Å². The van der Waals surface area contributed by atoms with Crippen LogP contribution in [0.1, 0.15) is 41.6 Å². The molecular formula is C17H23NO4. The van der Waals surface area contributed by atoms with Crippen molar-refractivity contribution in [2.75, 3.05) is 20.3 Å². The number of carbonyl (C=O) groups excluding carboxylic acids is 1. The smallest absolute Gasteiger partial charge is 0.335 e. The highest BCUT2D eigenvalue weighted by Crippen LogP contribution is 2.20. The average Bonchev–Trinajstić information content (AvgIpc) is 2.54. The van der Waals surface area contributed by atoms with Crippen LogP contribution < -0.4 is 0 Å². The van der Waals surface area contributed by atoms with Crippen LogP contribution in [0, 0.1) is 5.92 Å². The van der Waals surface area contributed by atoms with E-state index in [1.54, 1.807) is 36.2 Å². The summed E-state index contributed by atoms with van der Waals surface area (Å²) >= 11 is 0.